The van der Waals surface area contributed by atoms with Gasteiger partial charge in [0.1, 0.15) is 0 Å². The van der Waals surface area contributed by atoms with Crippen molar-refractivity contribution in [2.24, 2.45) is 10.9 Å². The molecule has 86 valence electrons. The number of aryl methyl sites for hydroxylation is 1. The van der Waals surface area contributed by atoms with Crippen LogP contribution in [0.5, 0.6) is 0 Å². The summed E-state index contributed by atoms with van der Waals surface area (Å²) in [6.45, 7) is 2.16. The van der Waals surface area contributed by atoms with Crippen molar-refractivity contribution in [1.82, 2.24) is 0 Å². The molecule has 0 bridgehead atoms. The van der Waals surface area contributed by atoms with Gasteiger partial charge in [0.05, 0.1) is 6.21 Å². The van der Waals surface area contributed by atoms with Crippen molar-refractivity contribution < 1.29 is 0 Å². The molecule has 2 heteroatoms. The first-order valence-corrected chi connectivity index (χ1v) is 5.76. The smallest absolute Gasteiger partial charge is 0.0538 e. The zero-order valence-electron chi connectivity index (χ0n) is 9.93. The van der Waals surface area contributed by atoms with Gasteiger partial charge in [-0.15, -0.1) is 0 Å². The summed E-state index contributed by atoms with van der Waals surface area (Å²) in [5.74, 6) is 5.11. The predicted octanol–water partition coefficient (Wildman–Crippen LogP) is 3.21. The van der Waals surface area contributed by atoms with Crippen LogP contribution in [0, 0.1) is 0 Å². The maximum Gasteiger partial charge on any atom is 0.0538 e. The number of hydrogen-bond acceptors (Lipinski definition) is 2. The highest BCUT2D eigenvalue weighted by Gasteiger charge is 1.97. The molecule has 2 aromatic carbocycles. The van der Waals surface area contributed by atoms with Crippen molar-refractivity contribution in [3.05, 3.63) is 59.7 Å². The Morgan fingerprint density at radius 3 is 1.94 bits per heavy atom. The third kappa shape index (κ3) is 2.72. The van der Waals surface area contributed by atoms with Gasteiger partial charge in [-0.05, 0) is 28.7 Å². The molecule has 0 atom stereocenters. The van der Waals surface area contributed by atoms with E-state index in [0.717, 1.165) is 12.0 Å². The molecule has 0 radical (unpaired) electrons. The molecule has 2 N–H and O–H groups in total. The lowest BCUT2D eigenvalue weighted by Crippen LogP contribution is -1.86. The van der Waals surface area contributed by atoms with Crippen LogP contribution in [0.15, 0.2) is 53.6 Å². The summed E-state index contributed by atoms with van der Waals surface area (Å²) >= 11 is 0. The summed E-state index contributed by atoms with van der Waals surface area (Å²) in [6, 6.07) is 16.8. The lowest BCUT2D eigenvalue weighted by Gasteiger charge is -2.03. The fourth-order valence-corrected chi connectivity index (χ4v) is 1.78. The molecule has 0 heterocycles. The molecule has 17 heavy (non-hydrogen) atoms. The third-order valence-electron chi connectivity index (χ3n) is 2.83. The highest BCUT2D eigenvalue weighted by atomic mass is 15.1. The van der Waals surface area contributed by atoms with Gasteiger partial charge >= 0.3 is 0 Å². The average Bonchev–Trinajstić information content (AvgIpc) is 2.40. The van der Waals surface area contributed by atoms with Crippen molar-refractivity contribution in [3.8, 4) is 11.1 Å². The molecular formula is C15H16N2. The van der Waals surface area contributed by atoms with Gasteiger partial charge < -0.3 is 5.84 Å². The number of hydrazone groups is 1. The van der Waals surface area contributed by atoms with E-state index in [-0.39, 0.29) is 0 Å². The Balaban J connectivity index is 2.26. The zero-order valence-corrected chi connectivity index (χ0v) is 9.93. The van der Waals surface area contributed by atoms with E-state index in [0.29, 0.717) is 0 Å². The second kappa shape index (κ2) is 5.30. The van der Waals surface area contributed by atoms with Crippen LogP contribution in [-0.4, -0.2) is 6.21 Å². The van der Waals surface area contributed by atoms with Crippen LogP contribution < -0.4 is 5.84 Å². The van der Waals surface area contributed by atoms with Gasteiger partial charge in [-0.25, -0.2) is 0 Å². The molecule has 0 fully saturated rings. The van der Waals surface area contributed by atoms with Gasteiger partial charge in [0.2, 0.25) is 0 Å². The van der Waals surface area contributed by atoms with Crippen molar-refractivity contribution in [3.63, 3.8) is 0 Å². The van der Waals surface area contributed by atoms with Gasteiger partial charge in [-0.2, -0.15) is 5.10 Å². The number of rotatable bonds is 3. The van der Waals surface area contributed by atoms with E-state index in [1.54, 1.807) is 6.21 Å². The number of benzene rings is 2. The second-order valence-electron chi connectivity index (χ2n) is 3.95. The standard InChI is InChI=1S/C15H16N2/c1-2-12-3-7-14(8-4-12)15-9-5-13(6-10-15)11-17-16/h3-11H,2,16H2,1H3. The van der Waals surface area contributed by atoms with Crippen molar-refractivity contribution in [1.29, 1.82) is 0 Å². The molecule has 2 aromatic rings. The number of nitrogens with zero attached hydrogens (tertiary/aromatic N) is 1. The molecule has 0 saturated carbocycles. The first-order valence-electron chi connectivity index (χ1n) is 5.76. The van der Waals surface area contributed by atoms with Crippen LogP contribution in [0.4, 0.5) is 0 Å². The van der Waals surface area contributed by atoms with Crippen LogP contribution in [0.25, 0.3) is 11.1 Å². The van der Waals surface area contributed by atoms with Crippen molar-refractivity contribution in [2.75, 3.05) is 0 Å². The molecule has 0 saturated heterocycles. The Morgan fingerprint density at radius 2 is 1.47 bits per heavy atom. The fourth-order valence-electron chi connectivity index (χ4n) is 1.78. The van der Waals surface area contributed by atoms with Crippen LogP contribution in [0.2, 0.25) is 0 Å². The van der Waals surface area contributed by atoms with E-state index < -0.39 is 0 Å². The SMILES string of the molecule is CCc1ccc(-c2ccc(C=NN)cc2)cc1. The van der Waals surface area contributed by atoms with Crippen molar-refractivity contribution >= 4 is 6.21 Å². The average molecular weight is 224 g/mol. The van der Waals surface area contributed by atoms with E-state index >= 15 is 0 Å². The molecule has 0 aliphatic heterocycles. The van der Waals surface area contributed by atoms with Crippen LogP contribution in [-0.2, 0) is 6.42 Å². The Labute approximate surface area is 102 Å². The Morgan fingerprint density at radius 1 is 0.941 bits per heavy atom. The number of nitrogens with two attached hydrogens (primary N) is 1. The highest BCUT2D eigenvalue weighted by molar-refractivity contribution is 5.80. The van der Waals surface area contributed by atoms with E-state index in [1.807, 2.05) is 12.1 Å². The zero-order chi connectivity index (χ0) is 12.1. The topological polar surface area (TPSA) is 38.4 Å². The molecule has 2 nitrogen and oxygen atoms in total. The first-order chi connectivity index (χ1) is 8.33. The molecule has 0 aromatic heterocycles. The molecular weight excluding hydrogens is 208 g/mol. The normalized spacial score (nSPS) is 10.9. The van der Waals surface area contributed by atoms with Gasteiger partial charge in [0, 0.05) is 0 Å². The van der Waals surface area contributed by atoms with Gasteiger partial charge in [-0.1, -0.05) is 55.5 Å². The third-order valence-corrected chi connectivity index (χ3v) is 2.83. The monoisotopic (exact) mass is 224 g/mol. The predicted molar refractivity (Wildman–Crippen MR) is 73.0 cm³/mol. The summed E-state index contributed by atoms with van der Waals surface area (Å²) in [7, 11) is 0. The quantitative estimate of drug-likeness (QED) is 0.485. The summed E-state index contributed by atoms with van der Waals surface area (Å²) in [4.78, 5) is 0. The lowest BCUT2D eigenvalue weighted by atomic mass is 10.0. The first kappa shape index (κ1) is 11.4. The molecule has 2 rings (SSSR count). The summed E-state index contributed by atoms with van der Waals surface area (Å²) < 4.78 is 0. The van der Waals surface area contributed by atoms with Gasteiger partial charge in [0.25, 0.3) is 0 Å². The molecule has 0 spiro atoms. The Bertz CT molecular complexity index is 495. The minimum Gasteiger partial charge on any atom is -0.323 e. The van der Waals surface area contributed by atoms with Gasteiger partial charge in [-0.3, -0.25) is 0 Å². The van der Waals surface area contributed by atoms with E-state index in [2.05, 4.69) is 48.4 Å². The highest BCUT2D eigenvalue weighted by Crippen LogP contribution is 2.20. The Kier molecular flexibility index (Phi) is 3.55. The molecule has 0 unspecified atom stereocenters. The maximum atomic E-state index is 5.11. The van der Waals surface area contributed by atoms with Crippen molar-refractivity contribution in [2.45, 2.75) is 13.3 Å². The minimum absolute atomic E-state index is 1.02. The van der Waals surface area contributed by atoms with Crippen LogP contribution >= 0.6 is 0 Å². The van der Waals surface area contributed by atoms with E-state index in [4.69, 9.17) is 5.84 Å². The molecule has 0 aliphatic carbocycles. The van der Waals surface area contributed by atoms with Crippen LogP contribution in [0.3, 0.4) is 0 Å². The van der Waals surface area contributed by atoms with E-state index in [1.165, 1.54) is 16.7 Å². The Hall–Kier alpha value is -2.09. The lowest BCUT2D eigenvalue weighted by molar-refractivity contribution is 1.14. The largest absolute Gasteiger partial charge is 0.323 e. The summed E-state index contributed by atoms with van der Waals surface area (Å²) in [5, 5.41) is 3.51. The second-order valence-corrected chi connectivity index (χ2v) is 3.95. The minimum atomic E-state index is 1.02. The summed E-state index contributed by atoms with van der Waals surface area (Å²) in [6.07, 6.45) is 2.72. The van der Waals surface area contributed by atoms with Gasteiger partial charge in [0.15, 0.2) is 0 Å². The molecule has 0 amide bonds. The van der Waals surface area contributed by atoms with Crippen LogP contribution in [0.1, 0.15) is 18.1 Å². The summed E-state index contributed by atoms with van der Waals surface area (Å²) in [5.41, 5.74) is 4.82. The fraction of sp³-hybridized carbons (Fsp3) is 0.133. The maximum absolute atomic E-state index is 5.11. The number of hydrogen-bond donors (Lipinski definition) is 1. The van der Waals surface area contributed by atoms with E-state index in [9.17, 15) is 0 Å². The molecule has 0 aliphatic rings.